The molecule has 0 bridgehead atoms. The van der Waals surface area contributed by atoms with Gasteiger partial charge in [0.2, 0.25) is 0 Å². The van der Waals surface area contributed by atoms with Crippen molar-refractivity contribution in [2.24, 2.45) is 0 Å². The second-order valence-corrected chi connectivity index (χ2v) is 8.23. The minimum absolute atomic E-state index is 0.353. The molecule has 1 heterocycles. The fourth-order valence-electron chi connectivity index (χ4n) is 2.90. The average molecular weight is 476 g/mol. The lowest BCUT2D eigenvalue weighted by atomic mass is 9.90. The zero-order valence-corrected chi connectivity index (χ0v) is 18.4. The van der Waals surface area contributed by atoms with E-state index in [9.17, 15) is 22.7 Å². The molecule has 1 aromatic carbocycles. The first kappa shape index (κ1) is 25.6. The minimum atomic E-state index is -3.24. The van der Waals surface area contributed by atoms with E-state index in [0.29, 0.717) is 21.9 Å². The number of benzene rings is 1. The van der Waals surface area contributed by atoms with Gasteiger partial charge in [0, 0.05) is 23.2 Å². The molecule has 6 nitrogen and oxygen atoms in total. The molecule has 1 aromatic heterocycles. The first-order chi connectivity index (χ1) is 15.0. The molecule has 0 aliphatic rings. The molecule has 176 valence electrons. The summed E-state index contributed by atoms with van der Waals surface area (Å²) in [5.41, 5.74) is 1.99. The topological polar surface area (TPSA) is 83.8 Å². The number of alkyl halides is 4. The lowest BCUT2D eigenvalue weighted by Crippen LogP contribution is -2.14. The van der Waals surface area contributed by atoms with Gasteiger partial charge in [0.25, 0.3) is 0 Å². The molecule has 0 saturated carbocycles. The van der Waals surface area contributed by atoms with Crippen LogP contribution >= 0.6 is 11.3 Å². The Morgan fingerprint density at radius 2 is 1.84 bits per heavy atom. The number of hydroxylamine groups is 1. The Kier molecular flexibility index (Phi) is 9.05. The summed E-state index contributed by atoms with van der Waals surface area (Å²) in [6.07, 6.45) is 6.65. The van der Waals surface area contributed by atoms with Crippen LogP contribution in [-0.4, -0.2) is 28.5 Å². The van der Waals surface area contributed by atoms with Gasteiger partial charge in [-0.2, -0.15) is 17.6 Å². The van der Waals surface area contributed by atoms with E-state index >= 15 is 0 Å². The molecule has 1 atom stereocenters. The molecule has 2 rings (SSSR count). The van der Waals surface area contributed by atoms with Crippen LogP contribution in [0.1, 0.15) is 48.6 Å². The van der Waals surface area contributed by atoms with Gasteiger partial charge < -0.3 is 14.6 Å². The van der Waals surface area contributed by atoms with E-state index < -0.39 is 36.2 Å². The molecule has 0 fully saturated rings. The second kappa shape index (κ2) is 11.3. The number of halogens is 4. The van der Waals surface area contributed by atoms with Gasteiger partial charge in [-0.25, -0.2) is 4.98 Å². The van der Waals surface area contributed by atoms with Crippen LogP contribution < -0.4 is 15.0 Å². The smallest absolute Gasteiger partial charge is 0.387 e. The van der Waals surface area contributed by atoms with Crippen molar-refractivity contribution in [1.82, 2.24) is 10.5 Å². The van der Waals surface area contributed by atoms with Crippen LogP contribution in [0.4, 0.5) is 17.6 Å². The van der Waals surface area contributed by atoms with E-state index in [0.717, 1.165) is 11.6 Å². The monoisotopic (exact) mass is 476 g/mol. The van der Waals surface area contributed by atoms with Crippen molar-refractivity contribution in [3.8, 4) is 11.5 Å². The Bertz CT molecular complexity index is 942. The van der Waals surface area contributed by atoms with Gasteiger partial charge in [-0.3, -0.25) is 10.7 Å². The SMILES string of the molecule is C/C=C(\C=C/NO)CC(c1ccc(OC(F)F)c(OC(F)F)c1)c1cnc(C(C)(C)O)s1. The van der Waals surface area contributed by atoms with Gasteiger partial charge in [0.05, 0.1) is 0 Å². The first-order valence-electron chi connectivity index (χ1n) is 9.48. The van der Waals surface area contributed by atoms with Crippen molar-refractivity contribution in [3.63, 3.8) is 0 Å². The van der Waals surface area contributed by atoms with Crippen molar-refractivity contribution in [2.45, 2.75) is 51.9 Å². The summed E-state index contributed by atoms with van der Waals surface area (Å²) in [7, 11) is 0. The molecular formula is C21H24F4N2O4S. The Hall–Kier alpha value is -2.63. The van der Waals surface area contributed by atoms with Crippen LogP contribution in [0.5, 0.6) is 11.5 Å². The largest absolute Gasteiger partial charge is 0.431 e. The van der Waals surface area contributed by atoms with Gasteiger partial charge >= 0.3 is 13.2 Å². The Morgan fingerprint density at radius 1 is 1.19 bits per heavy atom. The van der Waals surface area contributed by atoms with Crippen molar-refractivity contribution >= 4 is 11.3 Å². The standard InChI is InChI=1S/C21H24F4N2O4S/c1-4-12(7-8-27-29)9-14(17-11-26-18(32-17)21(2,3)28)13-5-6-15(30-19(22)23)16(10-13)31-20(24)25/h4-8,10-11,14,19-20,27-29H,9H2,1-3H3/b8-7-,12-4+. The van der Waals surface area contributed by atoms with Gasteiger partial charge in [-0.05, 0) is 56.5 Å². The van der Waals surface area contributed by atoms with E-state index in [4.69, 9.17) is 5.21 Å². The van der Waals surface area contributed by atoms with Gasteiger partial charge in [-0.1, -0.05) is 12.1 Å². The molecule has 3 N–H and O–H groups in total. The summed E-state index contributed by atoms with van der Waals surface area (Å²) in [6.45, 7) is -1.49. The first-order valence-corrected chi connectivity index (χ1v) is 10.3. The normalized spacial score (nSPS) is 13.8. The van der Waals surface area contributed by atoms with Crippen LogP contribution in [0.25, 0.3) is 0 Å². The maximum Gasteiger partial charge on any atom is 0.387 e. The summed E-state index contributed by atoms with van der Waals surface area (Å²) in [6, 6.07) is 3.84. The summed E-state index contributed by atoms with van der Waals surface area (Å²) in [5, 5.41) is 19.5. The highest BCUT2D eigenvalue weighted by molar-refractivity contribution is 7.11. The lowest BCUT2D eigenvalue weighted by molar-refractivity contribution is -0.0692. The number of hydrogen-bond acceptors (Lipinski definition) is 7. The maximum atomic E-state index is 12.9. The van der Waals surface area contributed by atoms with Gasteiger partial charge in [0.15, 0.2) is 11.5 Å². The molecule has 0 aliphatic carbocycles. The van der Waals surface area contributed by atoms with Crippen molar-refractivity contribution in [2.75, 3.05) is 0 Å². The molecule has 0 spiro atoms. The predicted molar refractivity (Wildman–Crippen MR) is 111 cm³/mol. The minimum Gasteiger partial charge on any atom is -0.431 e. The summed E-state index contributed by atoms with van der Waals surface area (Å²) >= 11 is 1.24. The number of aliphatic hydroxyl groups is 1. The molecule has 0 amide bonds. The van der Waals surface area contributed by atoms with Crippen LogP contribution in [-0.2, 0) is 5.60 Å². The Balaban J connectivity index is 2.55. The zero-order chi connectivity index (χ0) is 23.9. The van der Waals surface area contributed by atoms with Crippen LogP contribution in [0.2, 0.25) is 0 Å². The molecule has 0 radical (unpaired) electrons. The summed E-state index contributed by atoms with van der Waals surface area (Å²) in [4.78, 5) is 4.97. The molecule has 2 aromatic rings. The molecule has 1 unspecified atom stereocenters. The highest BCUT2D eigenvalue weighted by atomic mass is 32.1. The number of nitrogens with zero attached hydrogens (tertiary/aromatic N) is 1. The number of aromatic nitrogens is 1. The number of ether oxygens (including phenoxy) is 2. The second-order valence-electron chi connectivity index (χ2n) is 7.17. The molecule has 0 aliphatic heterocycles. The van der Waals surface area contributed by atoms with Crippen LogP contribution in [0.15, 0.2) is 48.3 Å². The molecule has 11 heteroatoms. The van der Waals surface area contributed by atoms with E-state index in [1.165, 1.54) is 29.7 Å². The summed E-state index contributed by atoms with van der Waals surface area (Å²) in [5.74, 6) is -1.48. The highest BCUT2D eigenvalue weighted by Crippen LogP contribution is 2.40. The molecule has 0 saturated heterocycles. The molecular weight excluding hydrogens is 452 g/mol. The Morgan fingerprint density at radius 3 is 2.38 bits per heavy atom. The molecule has 32 heavy (non-hydrogen) atoms. The van der Waals surface area contributed by atoms with E-state index in [1.807, 2.05) is 5.48 Å². The number of thiazole rings is 1. The number of nitrogens with one attached hydrogen (secondary N) is 1. The average Bonchev–Trinajstić information content (AvgIpc) is 3.19. The number of allylic oxidation sites excluding steroid dienone is 3. The fourth-order valence-corrected chi connectivity index (χ4v) is 3.94. The number of rotatable bonds is 11. The zero-order valence-electron chi connectivity index (χ0n) is 17.6. The third-order valence-corrected chi connectivity index (χ3v) is 5.80. The fraction of sp³-hybridized carbons (Fsp3) is 0.381. The van der Waals surface area contributed by atoms with Crippen molar-refractivity contribution in [3.05, 3.63) is 63.8 Å². The van der Waals surface area contributed by atoms with E-state index in [1.54, 1.807) is 39.1 Å². The Labute approximate surface area is 186 Å². The number of hydrogen-bond donors (Lipinski definition) is 3. The maximum absolute atomic E-state index is 12.9. The van der Waals surface area contributed by atoms with Crippen LogP contribution in [0.3, 0.4) is 0 Å². The van der Waals surface area contributed by atoms with E-state index in [2.05, 4.69) is 14.5 Å². The third-order valence-electron chi connectivity index (χ3n) is 4.38. The van der Waals surface area contributed by atoms with E-state index in [-0.39, 0.29) is 0 Å². The van der Waals surface area contributed by atoms with Crippen molar-refractivity contribution < 1.29 is 37.3 Å². The van der Waals surface area contributed by atoms with Gasteiger partial charge in [0.1, 0.15) is 10.6 Å². The summed E-state index contributed by atoms with van der Waals surface area (Å²) < 4.78 is 59.8. The quantitative estimate of drug-likeness (QED) is 0.225. The highest BCUT2D eigenvalue weighted by Gasteiger charge is 2.26. The van der Waals surface area contributed by atoms with Gasteiger partial charge in [-0.15, -0.1) is 11.3 Å². The lowest BCUT2D eigenvalue weighted by Gasteiger charge is -2.19. The van der Waals surface area contributed by atoms with Crippen LogP contribution in [0, 0.1) is 0 Å². The third kappa shape index (κ3) is 7.21. The predicted octanol–water partition coefficient (Wildman–Crippen LogP) is 5.53. The van der Waals surface area contributed by atoms with Crippen molar-refractivity contribution in [1.29, 1.82) is 0 Å².